The third-order valence-electron chi connectivity index (χ3n) is 8.71. The van der Waals surface area contributed by atoms with Gasteiger partial charge in [-0.25, -0.2) is 0 Å². The zero-order valence-corrected chi connectivity index (χ0v) is 16.9. The van der Waals surface area contributed by atoms with Gasteiger partial charge in [0.25, 0.3) is 0 Å². The van der Waals surface area contributed by atoms with Crippen molar-refractivity contribution in [3.63, 3.8) is 0 Å². The Labute approximate surface area is 162 Å². The highest BCUT2D eigenvalue weighted by Gasteiger charge is 2.63. The first-order valence-corrected chi connectivity index (χ1v) is 10.6. The van der Waals surface area contributed by atoms with Crippen molar-refractivity contribution in [1.29, 1.82) is 0 Å². The van der Waals surface area contributed by atoms with E-state index in [9.17, 15) is 15.0 Å². The second kappa shape index (κ2) is 6.45. The molecule has 0 heterocycles. The Bertz CT molecular complexity index is 669. The average Bonchev–Trinajstić information content (AvgIpc) is 2.91. The van der Waals surface area contributed by atoms with Crippen LogP contribution in [0.3, 0.4) is 0 Å². The average molecular weight is 375 g/mol. The van der Waals surface area contributed by atoms with Crippen LogP contribution in [0.2, 0.25) is 0 Å². The molecular formula is C23H34O4. The molecule has 0 aromatic carbocycles. The van der Waals surface area contributed by atoms with Crippen LogP contribution in [-0.4, -0.2) is 34.5 Å². The Morgan fingerprint density at radius 1 is 1.30 bits per heavy atom. The summed E-state index contributed by atoms with van der Waals surface area (Å²) in [7, 11) is 0. The van der Waals surface area contributed by atoms with Gasteiger partial charge in [-0.1, -0.05) is 31.6 Å². The standard InChI is InChI=1S/C23H34O4/c1-5-14-6-7-17-20-18(25)11-15-10-16(27-13(2)24)8-9-22(15,3)21(20)19(26)12-23(14,17)4/h5,11,14,16-21,25-26H,1,6-10,12H2,2-4H3. The summed E-state index contributed by atoms with van der Waals surface area (Å²) in [4.78, 5) is 11.4. The number of carbonyl (C=O) groups is 1. The summed E-state index contributed by atoms with van der Waals surface area (Å²) in [6, 6.07) is 0. The zero-order valence-electron chi connectivity index (χ0n) is 16.9. The van der Waals surface area contributed by atoms with Gasteiger partial charge in [-0.15, -0.1) is 6.58 Å². The van der Waals surface area contributed by atoms with Gasteiger partial charge in [-0.3, -0.25) is 4.79 Å². The zero-order chi connectivity index (χ0) is 19.6. The van der Waals surface area contributed by atoms with Crippen molar-refractivity contribution in [3.05, 3.63) is 24.3 Å². The van der Waals surface area contributed by atoms with Gasteiger partial charge < -0.3 is 14.9 Å². The van der Waals surface area contributed by atoms with Gasteiger partial charge >= 0.3 is 5.97 Å². The van der Waals surface area contributed by atoms with Gasteiger partial charge in [0.2, 0.25) is 0 Å². The smallest absolute Gasteiger partial charge is 0.302 e. The first-order valence-electron chi connectivity index (χ1n) is 10.6. The molecule has 0 aliphatic heterocycles. The molecule has 0 radical (unpaired) electrons. The highest BCUT2D eigenvalue weighted by molar-refractivity contribution is 5.66. The van der Waals surface area contributed by atoms with E-state index in [1.54, 1.807) is 0 Å². The van der Waals surface area contributed by atoms with E-state index in [1.807, 2.05) is 6.08 Å². The monoisotopic (exact) mass is 374 g/mol. The molecule has 0 amide bonds. The van der Waals surface area contributed by atoms with Crippen LogP contribution in [0.1, 0.15) is 59.3 Å². The molecule has 9 atom stereocenters. The molecule has 2 N–H and O–H groups in total. The number of carbonyl (C=O) groups excluding carboxylic acids is 1. The summed E-state index contributed by atoms with van der Waals surface area (Å²) in [6.07, 6.45) is 8.47. The van der Waals surface area contributed by atoms with Crippen molar-refractivity contribution in [2.24, 2.45) is 34.5 Å². The number of hydrogen-bond donors (Lipinski definition) is 2. The molecule has 150 valence electrons. The molecule has 27 heavy (non-hydrogen) atoms. The molecule has 3 saturated carbocycles. The molecule has 3 fully saturated rings. The maximum absolute atomic E-state index is 11.4. The number of rotatable bonds is 2. The van der Waals surface area contributed by atoms with E-state index in [0.717, 1.165) is 32.1 Å². The summed E-state index contributed by atoms with van der Waals surface area (Å²) in [5, 5.41) is 22.4. The number of hydrogen-bond acceptors (Lipinski definition) is 4. The van der Waals surface area contributed by atoms with E-state index in [1.165, 1.54) is 12.5 Å². The van der Waals surface area contributed by atoms with Crippen molar-refractivity contribution < 1.29 is 19.7 Å². The summed E-state index contributed by atoms with van der Waals surface area (Å²) < 4.78 is 5.46. The van der Waals surface area contributed by atoms with Crippen LogP contribution in [0.25, 0.3) is 0 Å². The second-order valence-corrected chi connectivity index (χ2v) is 9.98. The molecule has 0 aromatic rings. The lowest BCUT2D eigenvalue weighted by Crippen LogP contribution is -2.59. The van der Waals surface area contributed by atoms with E-state index < -0.39 is 12.2 Å². The number of esters is 1. The molecule has 0 aromatic heterocycles. The van der Waals surface area contributed by atoms with Crippen molar-refractivity contribution in [2.75, 3.05) is 0 Å². The molecule has 4 heteroatoms. The molecule has 4 rings (SSSR count). The molecule has 9 unspecified atom stereocenters. The highest BCUT2D eigenvalue weighted by Crippen LogP contribution is 2.66. The molecule has 0 spiro atoms. The van der Waals surface area contributed by atoms with Gasteiger partial charge in [0.1, 0.15) is 6.10 Å². The minimum atomic E-state index is -0.531. The van der Waals surface area contributed by atoms with E-state index in [-0.39, 0.29) is 34.7 Å². The summed E-state index contributed by atoms with van der Waals surface area (Å²) in [5.74, 6) is 0.774. The van der Waals surface area contributed by atoms with Gasteiger partial charge in [0.05, 0.1) is 12.2 Å². The molecule has 0 bridgehead atoms. The fourth-order valence-corrected chi connectivity index (χ4v) is 7.49. The maximum Gasteiger partial charge on any atom is 0.302 e. The van der Waals surface area contributed by atoms with Crippen LogP contribution >= 0.6 is 0 Å². The first kappa shape index (κ1) is 19.2. The maximum atomic E-state index is 11.4. The van der Waals surface area contributed by atoms with E-state index >= 15 is 0 Å². The van der Waals surface area contributed by atoms with Crippen LogP contribution < -0.4 is 0 Å². The second-order valence-electron chi connectivity index (χ2n) is 9.98. The lowest BCUT2D eigenvalue weighted by Gasteiger charge is -2.60. The van der Waals surface area contributed by atoms with E-state index in [2.05, 4.69) is 26.5 Å². The van der Waals surface area contributed by atoms with E-state index in [4.69, 9.17) is 4.74 Å². The molecule has 4 nitrogen and oxygen atoms in total. The Morgan fingerprint density at radius 3 is 2.70 bits per heavy atom. The fraction of sp³-hybridized carbons (Fsp3) is 0.783. The Balaban J connectivity index is 1.69. The third kappa shape index (κ3) is 2.74. The van der Waals surface area contributed by atoms with Crippen molar-refractivity contribution in [1.82, 2.24) is 0 Å². The van der Waals surface area contributed by atoms with Gasteiger partial charge in [-0.2, -0.15) is 0 Å². The normalized spacial score (nSPS) is 51.4. The number of fused-ring (bicyclic) bond motifs is 5. The fourth-order valence-electron chi connectivity index (χ4n) is 7.49. The van der Waals surface area contributed by atoms with Gasteiger partial charge in [-0.05, 0) is 66.6 Å². The van der Waals surface area contributed by atoms with Crippen LogP contribution in [0.4, 0.5) is 0 Å². The van der Waals surface area contributed by atoms with Crippen molar-refractivity contribution in [2.45, 2.75) is 77.6 Å². The van der Waals surface area contributed by atoms with Crippen molar-refractivity contribution >= 4 is 5.97 Å². The number of ether oxygens (including phenoxy) is 1. The first-order chi connectivity index (χ1) is 12.7. The topological polar surface area (TPSA) is 66.8 Å². The van der Waals surface area contributed by atoms with Crippen LogP contribution in [0.15, 0.2) is 24.3 Å². The summed E-state index contributed by atoms with van der Waals surface area (Å²) in [6.45, 7) is 10.1. The summed E-state index contributed by atoms with van der Waals surface area (Å²) in [5.41, 5.74) is 1.09. The Hall–Kier alpha value is -1.13. The van der Waals surface area contributed by atoms with Crippen molar-refractivity contribution in [3.8, 4) is 0 Å². The lowest BCUT2D eigenvalue weighted by molar-refractivity contribution is -0.158. The quantitative estimate of drug-likeness (QED) is 0.572. The number of allylic oxidation sites excluding steroid dienone is 1. The number of aliphatic hydroxyl groups is 2. The van der Waals surface area contributed by atoms with E-state index in [0.29, 0.717) is 18.3 Å². The predicted molar refractivity (Wildman–Crippen MR) is 104 cm³/mol. The predicted octanol–water partition coefficient (Wildman–Crippen LogP) is 3.62. The van der Waals surface area contributed by atoms with Gasteiger partial charge in [0.15, 0.2) is 0 Å². The summed E-state index contributed by atoms with van der Waals surface area (Å²) >= 11 is 0. The minimum absolute atomic E-state index is 0.0277. The van der Waals surface area contributed by atoms with Crippen LogP contribution in [0.5, 0.6) is 0 Å². The minimum Gasteiger partial charge on any atom is -0.462 e. The van der Waals surface area contributed by atoms with Crippen LogP contribution in [0, 0.1) is 34.5 Å². The highest BCUT2D eigenvalue weighted by atomic mass is 16.5. The van der Waals surface area contributed by atoms with Gasteiger partial charge in [0, 0.05) is 13.3 Å². The number of aliphatic hydroxyl groups excluding tert-OH is 2. The Morgan fingerprint density at radius 2 is 2.04 bits per heavy atom. The Kier molecular flexibility index (Phi) is 4.59. The lowest BCUT2D eigenvalue weighted by atomic mass is 9.46. The molecule has 4 aliphatic carbocycles. The van der Waals surface area contributed by atoms with Crippen LogP contribution in [-0.2, 0) is 9.53 Å². The molecular weight excluding hydrogens is 340 g/mol. The molecule has 4 aliphatic rings. The molecule has 0 saturated heterocycles. The largest absolute Gasteiger partial charge is 0.462 e. The third-order valence-corrected chi connectivity index (χ3v) is 8.71. The SMILES string of the molecule is C=CC1CCC2C3C(O)C=C4CC(OC(C)=O)CCC4(C)C3C(O)CC12C.